The zero-order valence-electron chi connectivity index (χ0n) is 13.1. The second-order valence-corrected chi connectivity index (χ2v) is 6.49. The molecule has 1 fully saturated rings. The maximum absolute atomic E-state index is 5.02. The molecule has 2 unspecified atom stereocenters. The molecule has 2 spiro atoms. The van der Waals surface area contributed by atoms with Gasteiger partial charge in [0.15, 0.2) is 0 Å². The molecule has 0 aromatic heterocycles. The van der Waals surface area contributed by atoms with Crippen molar-refractivity contribution in [2.45, 2.75) is 37.3 Å². The standard InChI is InChI=1S/C18H17N5/c1-11-17(20-13-7-3-4-8-14(13)21-17)18(12(2)19-11)22-15-9-5-6-10-16(15)23-18/h3-12,19H,1-2H3. The van der Waals surface area contributed by atoms with Crippen molar-refractivity contribution < 1.29 is 0 Å². The lowest BCUT2D eigenvalue weighted by molar-refractivity contribution is 0.255. The molecular formula is C18H17N5. The Bertz CT molecular complexity index is 900. The number of hydrogen-bond acceptors (Lipinski definition) is 5. The Kier molecular flexibility index (Phi) is 2.34. The van der Waals surface area contributed by atoms with Crippen LogP contribution < -0.4 is 26.7 Å². The predicted octanol–water partition coefficient (Wildman–Crippen LogP) is -0.335. The lowest BCUT2D eigenvalue weighted by Gasteiger charge is -2.34. The van der Waals surface area contributed by atoms with Gasteiger partial charge in [-0.3, -0.25) is 0 Å². The molecule has 3 heterocycles. The van der Waals surface area contributed by atoms with E-state index in [0.717, 1.165) is 21.4 Å². The molecular weight excluding hydrogens is 286 g/mol. The van der Waals surface area contributed by atoms with Crippen molar-refractivity contribution in [3.63, 3.8) is 0 Å². The molecule has 114 valence electrons. The Morgan fingerprint density at radius 3 is 1.26 bits per heavy atom. The predicted molar refractivity (Wildman–Crippen MR) is 85.0 cm³/mol. The summed E-state index contributed by atoms with van der Waals surface area (Å²) in [6.07, 6.45) is 0. The van der Waals surface area contributed by atoms with Crippen LogP contribution in [0.25, 0.3) is 0 Å². The Morgan fingerprint density at radius 2 is 0.957 bits per heavy atom. The molecule has 0 radical (unpaired) electrons. The molecule has 5 heteroatoms. The third-order valence-corrected chi connectivity index (χ3v) is 5.18. The normalized spacial score (nSPS) is 27.7. The summed E-state index contributed by atoms with van der Waals surface area (Å²) in [6, 6.07) is 16.2. The highest BCUT2D eigenvalue weighted by Gasteiger charge is 2.65. The van der Waals surface area contributed by atoms with Crippen LogP contribution in [0.2, 0.25) is 0 Å². The van der Waals surface area contributed by atoms with Crippen LogP contribution in [0.3, 0.4) is 0 Å². The Labute approximate surface area is 133 Å². The van der Waals surface area contributed by atoms with Gasteiger partial charge in [-0.2, -0.15) is 0 Å². The minimum atomic E-state index is -0.713. The van der Waals surface area contributed by atoms with Gasteiger partial charge in [0.05, 0.1) is 33.5 Å². The second-order valence-electron chi connectivity index (χ2n) is 6.49. The number of hydrogen-bond donors (Lipinski definition) is 1. The van der Waals surface area contributed by atoms with Crippen LogP contribution in [0.15, 0.2) is 68.5 Å². The maximum Gasteiger partial charge on any atom is 0.212 e. The molecule has 3 aliphatic rings. The van der Waals surface area contributed by atoms with E-state index in [0.29, 0.717) is 0 Å². The molecule has 0 bridgehead atoms. The van der Waals surface area contributed by atoms with Crippen molar-refractivity contribution in [3.05, 3.63) is 70.0 Å². The van der Waals surface area contributed by atoms with Crippen molar-refractivity contribution in [2.75, 3.05) is 0 Å². The van der Waals surface area contributed by atoms with E-state index in [1.54, 1.807) is 0 Å². The minimum Gasteiger partial charge on any atom is -0.303 e. The van der Waals surface area contributed by atoms with Crippen molar-refractivity contribution in [2.24, 2.45) is 20.0 Å². The number of nitrogens with one attached hydrogen (secondary N) is 1. The van der Waals surface area contributed by atoms with Crippen LogP contribution in [0.4, 0.5) is 0 Å². The van der Waals surface area contributed by atoms with Gasteiger partial charge in [-0.05, 0) is 38.1 Å². The number of rotatable bonds is 0. The van der Waals surface area contributed by atoms with Crippen molar-refractivity contribution >= 4 is 0 Å². The fourth-order valence-corrected chi connectivity index (χ4v) is 4.05. The van der Waals surface area contributed by atoms with Gasteiger partial charge in [0, 0.05) is 0 Å². The summed E-state index contributed by atoms with van der Waals surface area (Å²) < 4.78 is 0. The highest BCUT2D eigenvalue weighted by Crippen LogP contribution is 2.44. The first-order valence-electron chi connectivity index (χ1n) is 8.00. The fourth-order valence-electron chi connectivity index (χ4n) is 4.05. The first-order valence-corrected chi connectivity index (χ1v) is 8.00. The van der Waals surface area contributed by atoms with E-state index in [4.69, 9.17) is 20.0 Å². The lowest BCUT2D eigenvalue weighted by Crippen LogP contribution is -2.52. The van der Waals surface area contributed by atoms with Crippen LogP contribution in [-0.2, 0) is 0 Å². The largest absolute Gasteiger partial charge is 0.303 e. The third-order valence-electron chi connectivity index (χ3n) is 5.18. The number of nitrogens with zero attached hydrogens (tertiary/aromatic N) is 4. The van der Waals surface area contributed by atoms with Gasteiger partial charge in [0.25, 0.3) is 0 Å². The SMILES string of the molecule is CC1NC(C)C2(N=c3ccccc3=N2)C12N=c1ccccc1=N2. The molecule has 2 aromatic carbocycles. The topological polar surface area (TPSA) is 61.5 Å². The van der Waals surface area contributed by atoms with Crippen molar-refractivity contribution in [1.82, 2.24) is 5.32 Å². The molecule has 2 aromatic rings. The fraction of sp³-hybridized carbons (Fsp3) is 0.333. The summed E-state index contributed by atoms with van der Waals surface area (Å²) in [6.45, 7) is 4.25. The van der Waals surface area contributed by atoms with Crippen molar-refractivity contribution in [1.29, 1.82) is 0 Å². The molecule has 1 N–H and O–H groups in total. The summed E-state index contributed by atoms with van der Waals surface area (Å²) in [7, 11) is 0. The average Bonchev–Trinajstić information content (AvgIpc) is 3.19. The smallest absolute Gasteiger partial charge is 0.212 e. The monoisotopic (exact) mass is 303 g/mol. The summed E-state index contributed by atoms with van der Waals surface area (Å²) in [5.41, 5.74) is -1.43. The second kappa shape index (κ2) is 4.11. The minimum absolute atomic E-state index is 0.0618. The number of fused-ring (bicyclic) bond motifs is 3. The molecule has 1 saturated heterocycles. The highest BCUT2D eigenvalue weighted by molar-refractivity contribution is 5.29. The van der Waals surface area contributed by atoms with E-state index in [-0.39, 0.29) is 12.1 Å². The first kappa shape index (κ1) is 13.1. The highest BCUT2D eigenvalue weighted by atomic mass is 15.4. The van der Waals surface area contributed by atoms with Gasteiger partial charge in [-0.1, -0.05) is 24.3 Å². The molecule has 3 aliphatic heterocycles. The van der Waals surface area contributed by atoms with Crippen LogP contribution >= 0.6 is 0 Å². The Hall–Kier alpha value is -2.40. The van der Waals surface area contributed by atoms with Gasteiger partial charge < -0.3 is 5.32 Å². The summed E-state index contributed by atoms with van der Waals surface area (Å²) in [4.78, 5) is 20.1. The van der Waals surface area contributed by atoms with Crippen LogP contribution in [0.5, 0.6) is 0 Å². The molecule has 0 aliphatic carbocycles. The van der Waals surface area contributed by atoms with E-state index in [1.165, 1.54) is 0 Å². The molecule has 0 saturated carbocycles. The Balaban J connectivity index is 1.86. The zero-order chi connectivity index (χ0) is 15.7. The van der Waals surface area contributed by atoms with Crippen molar-refractivity contribution in [3.8, 4) is 0 Å². The van der Waals surface area contributed by atoms with Crippen LogP contribution in [-0.4, -0.2) is 23.4 Å². The molecule has 5 nitrogen and oxygen atoms in total. The molecule has 5 rings (SSSR count). The van der Waals surface area contributed by atoms with E-state index in [9.17, 15) is 0 Å². The van der Waals surface area contributed by atoms with E-state index in [1.807, 2.05) is 48.5 Å². The average molecular weight is 303 g/mol. The van der Waals surface area contributed by atoms with Crippen LogP contribution in [0, 0.1) is 0 Å². The number of para-hydroxylation sites is 4. The summed E-state index contributed by atoms with van der Waals surface area (Å²) >= 11 is 0. The van der Waals surface area contributed by atoms with Gasteiger partial charge in [-0.25, -0.2) is 20.0 Å². The first-order chi connectivity index (χ1) is 11.1. The number of benzene rings is 2. The molecule has 0 amide bonds. The third kappa shape index (κ3) is 1.45. The summed E-state index contributed by atoms with van der Waals surface area (Å²) in [5, 5.41) is 7.28. The summed E-state index contributed by atoms with van der Waals surface area (Å²) in [5.74, 6) is 0. The lowest BCUT2D eigenvalue weighted by atomic mass is 9.89. The molecule has 23 heavy (non-hydrogen) atoms. The van der Waals surface area contributed by atoms with Crippen LogP contribution in [0.1, 0.15) is 13.8 Å². The van der Waals surface area contributed by atoms with E-state index < -0.39 is 11.3 Å². The van der Waals surface area contributed by atoms with Gasteiger partial charge in [0.2, 0.25) is 11.3 Å². The quantitative estimate of drug-likeness (QED) is 0.711. The van der Waals surface area contributed by atoms with Gasteiger partial charge in [-0.15, -0.1) is 0 Å². The van der Waals surface area contributed by atoms with E-state index in [2.05, 4.69) is 19.2 Å². The van der Waals surface area contributed by atoms with E-state index >= 15 is 0 Å². The maximum atomic E-state index is 5.02. The molecule has 2 atom stereocenters. The zero-order valence-corrected chi connectivity index (χ0v) is 13.1. The Morgan fingerprint density at radius 1 is 0.652 bits per heavy atom. The van der Waals surface area contributed by atoms with Gasteiger partial charge in [0.1, 0.15) is 0 Å². The van der Waals surface area contributed by atoms with Gasteiger partial charge >= 0.3 is 0 Å².